The molecule has 0 bridgehead atoms. The summed E-state index contributed by atoms with van der Waals surface area (Å²) in [6.45, 7) is 4.86. The molecular weight excluding hydrogens is 380 g/mol. The van der Waals surface area contributed by atoms with E-state index < -0.39 is 10.0 Å². The number of ether oxygens (including phenoxy) is 1. The number of benzene rings is 1. The van der Waals surface area contributed by atoms with Gasteiger partial charge in [0, 0.05) is 25.5 Å². The SMILES string of the molecule is CC(C)Oc1ccc(S(=O)(=O)N2CCCCC2)cc1NC(=O)Cn1ccnc1. The lowest BCUT2D eigenvalue weighted by atomic mass is 10.2. The Morgan fingerprint density at radius 3 is 2.64 bits per heavy atom. The molecule has 1 aliphatic rings. The Hall–Kier alpha value is -2.39. The molecule has 0 unspecified atom stereocenters. The van der Waals surface area contributed by atoms with Crippen LogP contribution < -0.4 is 10.1 Å². The third-order valence-corrected chi connectivity index (χ3v) is 6.32. The molecule has 2 heterocycles. The van der Waals surface area contributed by atoms with Crippen molar-refractivity contribution in [1.82, 2.24) is 13.9 Å². The number of anilines is 1. The fourth-order valence-electron chi connectivity index (χ4n) is 3.11. The summed E-state index contributed by atoms with van der Waals surface area (Å²) in [5.41, 5.74) is 0.344. The highest BCUT2D eigenvalue weighted by Crippen LogP contribution is 2.31. The molecule has 0 atom stereocenters. The second-order valence-corrected chi connectivity index (χ2v) is 9.01. The first-order chi connectivity index (χ1) is 13.4. The van der Waals surface area contributed by atoms with Crippen molar-refractivity contribution in [3.8, 4) is 5.75 Å². The normalized spacial score (nSPS) is 15.5. The van der Waals surface area contributed by atoms with Crippen LogP contribution in [0.15, 0.2) is 41.8 Å². The molecule has 9 heteroatoms. The largest absolute Gasteiger partial charge is 0.489 e. The van der Waals surface area contributed by atoms with Gasteiger partial charge in [0.2, 0.25) is 15.9 Å². The molecule has 1 aliphatic heterocycles. The highest BCUT2D eigenvalue weighted by molar-refractivity contribution is 7.89. The molecule has 1 saturated heterocycles. The number of hydrogen-bond acceptors (Lipinski definition) is 5. The Morgan fingerprint density at radius 1 is 1.25 bits per heavy atom. The molecule has 1 aromatic carbocycles. The van der Waals surface area contributed by atoms with Gasteiger partial charge < -0.3 is 14.6 Å². The highest BCUT2D eigenvalue weighted by atomic mass is 32.2. The van der Waals surface area contributed by atoms with Crippen LogP contribution in [0.1, 0.15) is 33.1 Å². The number of nitrogens with one attached hydrogen (secondary N) is 1. The zero-order chi connectivity index (χ0) is 20.1. The summed E-state index contributed by atoms with van der Waals surface area (Å²) in [6.07, 6.45) is 7.47. The number of carbonyl (C=O) groups is 1. The smallest absolute Gasteiger partial charge is 0.244 e. The molecular formula is C19H26N4O4S. The number of carbonyl (C=O) groups excluding carboxylic acids is 1. The maximum Gasteiger partial charge on any atom is 0.244 e. The molecule has 152 valence electrons. The van der Waals surface area contributed by atoms with Gasteiger partial charge in [0.15, 0.2) is 0 Å². The lowest BCUT2D eigenvalue weighted by molar-refractivity contribution is -0.116. The first-order valence-corrected chi connectivity index (χ1v) is 10.9. The van der Waals surface area contributed by atoms with Crippen molar-refractivity contribution in [2.24, 2.45) is 0 Å². The molecule has 1 N–H and O–H groups in total. The minimum absolute atomic E-state index is 0.0736. The molecule has 3 rings (SSSR count). The van der Waals surface area contributed by atoms with Crippen LogP contribution >= 0.6 is 0 Å². The fraction of sp³-hybridized carbons (Fsp3) is 0.474. The number of imidazole rings is 1. The Morgan fingerprint density at radius 2 is 2.00 bits per heavy atom. The van der Waals surface area contributed by atoms with Gasteiger partial charge in [0.25, 0.3) is 0 Å². The van der Waals surface area contributed by atoms with Crippen LogP contribution in [-0.4, -0.2) is 47.4 Å². The van der Waals surface area contributed by atoms with Crippen molar-refractivity contribution in [3.63, 3.8) is 0 Å². The van der Waals surface area contributed by atoms with Crippen molar-refractivity contribution in [3.05, 3.63) is 36.9 Å². The van der Waals surface area contributed by atoms with Gasteiger partial charge in [-0.15, -0.1) is 0 Å². The van der Waals surface area contributed by atoms with Gasteiger partial charge in [-0.3, -0.25) is 4.79 Å². The van der Waals surface area contributed by atoms with Crippen LogP contribution in [0.2, 0.25) is 0 Å². The molecule has 28 heavy (non-hydrogen) atoms. The van der Waals surface area contributed by atoms with Crippen LogP contribution in [0.4, 0.5) is 5.69 Å². The monoisotopic (exact) mass is 406 g/mol. The van der Waals surface area contributed by atoms with Crippen molar-refractivity contribution in [1.29, 1.82) is 0 Å². The van der Waals surface area contributed by atoms with Crippen LogP contribution in [0.5, 0.6) is 5.75 Å². The minimum Gasteiger partial charge on any atom is -0.489 e. The maximum absolute atomic E-state index is 13.0. The first kappa shape index (κ1) is 20.3. The van der Waals surface area contributed by atoms with E-state index in [9.17, 15) is 13.2 Å². The first-order valence-electron chi connectivity index (χ1n) is 9.43. The third-order valence-electron chi connectivity index (χ3n) is 4.43. The van der Waals surface area contributed by atoms with Crippen molar-refractivity contribution in [2.75, 3.05) is 18.4 Å². The Kier molecular flexibility index (Phi) is 6.35. The van der Waals surface area contributed by atoms with E-state index in [0.717, 1.165) is 19.3 Å². The quantitative estimate of drug-likeness (QED) is 0.762. The number of hydrogen-bond donors (Lipinski definition) is 1. The van der Waals surface area contributed by atoms with E-state index >= 15 is 0 Å². The molecule has 0 radical (unpaired) electrons. The molecule has 1 aromatic heterocycles. The van der Waals surface area contributed by atoms with Crippen LogP contribution in [-0.2, 0) is 21.4 Å². The highest BCUT2D eigenvalue weighted by Gasteiger charge is 2.27. The van der Waals surface area contributed by atoms with Gasteiger partial charge in [-0.05, 0) is 44.9 Å². The van der Waals surface area contributed by atoms with Gasteiger partial charge in [-0.2, -0.15) is 4.31 Å². The second kappa shape index (κ2) is 8.74. The van der Waals surface area contributed by atoms with Gasteiger partial charge in [-0.25, -0.2) is 13.4 Å². The van der Waals surface area contributed by atoms with Gasteiger partial charge >= 0.3 is 0 Å². The standard InChI is InChI=1S/C19H26N4O4S/c1-15(2)27-18-7-6-16(28(25,26)23-9-4-3-5-10-23)12-17(18)21-19(24)13-22-11-8-20-14-22/h6-8,11-12,14-15H,3-5,9-10,13H2,1-2H3,(H,21,24). The van der Waals surface area contributed by atoms with Crippen molar-refractivity contribution < 1.29 is 17.9 Å². The van der Waals surface area contributed by atoms with Crippen LogP contribution in [0.3, 0.4) is 0 Å². The summed E-state index contributed by atoms with van der Waals surface area (Å²) in [6, 6.07) is 4.62. The topological polar surface area (TPSA) is 93.5 Å². The fourth-order valence-corrected chi connectivity index (χ4v) is 4.66. The summed E-state index contributed by atoms with van der Waals surface area (Å²) in [5, 5.41) is 2.77. The second-order valence-electron chi connectivity index (χ2n) is 7.07. The average molecular weight is 407 g/mol. The molecule has 1 amide bonds. The minimum atomic E-state index is -3.60. The number of amides is 1. The number of piperidine rings is 1. The van der Waals surface area contributed by atoms with Crippen molar-refractivity contribution >= 4 is 21.6 Å². The number of sulfonamides is 1. The average Bonchev–Trinajstić information content (AvgIpc) is 3.16. The number of aromatic nitrogens is 2. The lowest BCUT2D eigenvalue weighted by Crippen LogP contribution is -2.35. The lowest BCUT2D eigenvalue weighted by Gasteiger charge is -2.26. The van der Waals surface area contributed by atoms with Gasteiger partial charge in [-0.1, -0.05) is 6.42 Å². The van der Waals surface area contributed by atoms with Crippen LogP contribution in [0, 0.1) is 0 Å². The Bertz CT molecular complexity index is 904. The predicted octanol–water partition coefficient (Wildman–Crippen LogP) is 2.48. The third kappa shape index (κ3) is 4.90. The van der Waals surface area contributed by atoms with E-state index in [2.05, 4.69) is 10.3 Å². The van der Waals surface area contributed by atoms with Crippen LogP contribution in [0.25, 0.3) is 0 Å². The number of rotatable bonds is 7. The van der Waals surface area contributed by atoms with E-state index in [1.54, 1.807) is 29.4 Å². The van der Waals surface area contributed by atoms with Crippen molar-refractivity contribution in [2.45, 2.75) is 50.7 Å². The Balaban J connectivity index is 1.86. The zero-order valence-electron chi connectivity index (χ0n) is 16.2. The summed E-state index contributed by atoms with van der Waals surface area (Å²) < 4.78 is 34.8. The molecule has 8 nitrogen and oxygen atoms in total. The summed E-state index contributed by atoms with van der Waals surface area (Å²) in [7, 11) is -3.60. The van der Waals surface area contributed by atoms with E-state index in [1.807, 2.05) is 13.8 Å². The molecule has 1 fully saturated rings. The maximum atomic E-state index is 13.0. The molecule has 2 aromatic rings. The van der Waals surface area contributed by atoms with Gasteiger partial charge in [0.1, 0.15) is 12.3 Å². The van der Waals surface area contributed by atoms with E-state index in [-0.39, 0.29) is 23.5 Å². The predicted molar refractivity (Wildman–Crippen MR) is 106 cm³/mol. The van der Waals surface area contributed by atoms with Gasteiger partial charge in [0.05, 0.1) is 23.0 Å². The molecule has 0 aliphatic carbocycles. The van der Waals surface area contributed by atoms with E-state index in [4.69, 9.17) is 4.74 Å². The summed E-state index contributed by atoms with van der Waals surface area (Å²) in [5.74, 6) is 0.144. The van der Waals surface area contributed by atoms with E-state index in [1.165, 1.54) is 16.4 Å². The van der Waals surface area contributed by atoms with E-state index in [0.29, 0.717) is 24.5 Å². The summed E-state index contributed by atoms with van der Waals surface area (Å²) >= 11 is 0. The molecule has 0 spiro atoms. The zero-order valence-corrected chi connectivity index (χ0v) is 17.0. The Labute approximate surface area is 165 Å². The molecule has 0 saturated carbocycles. The number of nitrogens with zero attached hydrogens (tertiary/aromatic N) is 3. The summed E-state index contributed by atoms with van der Waals surface area (Å²) in [4.78, 5) is 16.5.